The summed E-state index contributed by atoms with van der Waals surface area (Å²) in [6, 6.07) is 27.8. The van der Waals surface area contributed by atoms with Gasteiger partial charge >= 0.3 is 0 Å². The molecule has 194 valence electrons. The lowest BCUT2D eigenvalue weighted by Crippen LogP contribution is -2.27. The van der Waals surface area contributed by atoms with Crippen molar-refractivity contribution in [2.24, 2.45) is 0 Å². The topological polar surface area (TPSA) is 58.6 Å². The summed E-state index contributed by atoms with van der Waals surface area (Å²) in [5.41, 5.74) is 4.42. The SMILES string of the molecule is Cc1cccc(COc2ccc(/C=C3/SC(=S)N(c4cccc(C(=O)Nc5ccc(F)cc5)c4)C3=O)cc2)c1. The second kappa shape index (κ2) is 11.6. The number of thioether (sulfide) groups is 1. The molecule has 5 rings (SSSR count). The molecule has 4 aromatic carbocycles. The van der Waals surface area contributed by atoms with Gasteiger partial charge in [0.15, 0.2) is 4.32 Å². The Kier molecular flexibility index (Phi) is 7.86. The number of hydrogen-bond donors (Lipinski definition) is 1. The van der Waals surface area contributed by atoms with Crippen LogP contribution in [-0.2, 0) is 11.4 Å². The summed E-state index contributed by atoms with van der Waals surface area (Å²) in [5.74, 6) is -0.299. The number of ether oxygens (including phenoxy) is 1. The van der Waals surface area contributed by atoms with E-state index < -0.39 is 0 Å². The number of nitrogens with zero attached hydrogens (tertiary/aromatic N) is 1. The zero-order valence-corrected chi connectivity index (χ0v) is 22.5. The third-order valence-electron chi connectivity index (χ3n) is 5.93. The number of rotatable bonds is 7. The predicted octanol–water partition coefficient (Wildman–Crippen LogP) is 7.37. The van der Waals surface area contributed by atoms with E-state index in [9.17, 15) is 14.0 Å². The number of nitrogens with one attached hydrogen (secondary N) is 1. The highest BCUT2D eigenvalue weighted by Crippen LogP contribution is 2.36. The molecule has 5 nitrogen and oxygen atoms in total. The summed E-state index contributed by atoms with van der Waals surface area (Å²) in [6.07, 6.45) is 1.79. The number of hydrogen-bond acceptors (Lipinski definition) is 5. The highest BCUT2D eigenvalue weighted by molar-refractivity contribution is 8.27. The minimum atomic E-state index is -0.389. The van der Waals surface area contributed by atoms with Crippen LogP contribution in [0.5, 0.6) is 5.75 Å². The van der Waals surface area contributed by atoms with Gasteiger partial charge in [-0.2, -0.15) is 0 Å². The van der Waals surface area contributed by atoms with Crippen molar-refractivity contribution in [2.75, 3.05) is 10.2 Å². The van der Waals surface area contributed by atoms with Crippen LogP contribution in [0.3, 0.4) is 0 Å². The lowest BCUT2D eigenvalue weighted by atomic mass is 10.1. The van der Waals surface area contributed by atoms with Crippen LogP contribution in [0.4, 0.5) is 15.8 Å². The van der Waals surface area contributed by atoms with Crippen LogP contribution in [0.15, 0.2) is 102 Å². The number of benzene rings is 4. The number of anilines is 2. The fourth-order valence-corrected chi connectivity index (χ4v) is 5.29. The fourth-order valence-electron chi connectivity index (χ4n) is 3.99. The van der Waals surface area contributed by atoms with E-state index in [-0.39, 0.29) is 17.6 Å². The lowest BCUT2D eigenvalue weighted by molar-refractivity contribution is -0.113. The van der Waals surface area contributed by atoms with Crippen LogP contribution in [0, 0.1) is 12.7 Å². The van der Waals surface area contributed by atoms with Crippen molar-refractivity contribution in [3.05, 3.63) is 130 Å². The van der Waals surface area contributed by atoms with Crippen molar-refractivity contribution < 1.29 is 18.7 Å². The van der Waals surface area contributed by atoms with Gasteiger partial charge in [-0.15, -0.1) is 0 Å². The highest BCUT2D eigenvalue weighted by atomic mass is 32.2. The number of carbonyl (C=O) groups excluding carboxylic acids is 2. The van der Waals surface area contributed by atoms with Crippen LogP contribution >= 0.6 is 24.0 Å². The van der Waals surface area contributed by atoms with Crippen molar-refractivity contribution >= 4 is 57.6 Å². The standard InChI is InChI=1S/C31H23FN2O3S2/c1-20-4-2-5-22(16-20)19-37-27-14-8-21(9-15-27)17-28-30(36)34(31(38)39-28)26-7-3-6-23(18-26)29(35)33-25-12-10-24(32)11-13-25/h2-18H,19H2,1H3,(H,33,35)/b28-17+. The van der Waals surface area contributed by atoms with Crippen molar-refractivity contribution in [2.45, 2.75) is 13.5 Å². The van der Waals surface area contributed by atoms with Crippen LogP contribution in [0.25, 0.3) is 6.08 Å². The summed E-state index contributed by atoms with van der Waals surface area (Å²) in [6.45, 7) is 2.52. The summed E-state index contributed by atoms with van der Waals surface area (Å²) in [7, 11) is 0. The van der Waals surface area contributed by atoms with Gasteiger partial charge in [-0.3, -0.25) is 14.5 Å². The first-order valence-corrected chi connectivity index (χ1v) is 13.3. The fraction of sp³-hybridized carbons (Fsp3) is 0.0645. The summed E-state index contributed by atoms with van der Waals surface area (Å²) < 4.78 is 19.4. The molecule has 1 N–H and O–H groups in total. The Labute approximate surface area is 235 Å². The molecule has 1 fully saturated rings. The van der Waals surface area contributed by atoms with Gasteiger partial charge in [0.1, 0.15) is 18.2 Å². The van der Waals surface area contributed by atoms with Crippen LogP contribution in [0.1, 0.15) is 27.0 Å². The Balaban J connectivity index is 1.26. The minimum Gasteiger partial charge on any atom is -0.489 e. The molecule has 8 heteroatoms. The summed E-state index contributed by atoms with van der Waals surface area (Å²) >= 11 is 6.71. The van der Waals surface area contributed by atoms with Gasteiger partial charge in [0.2, 0.25) is 0 Å². The third-order valence-corrected chi connectivity index (χ3v) is 7.23. The van der Waals surface area contributed by atoms with Crippen molar-refractivity contribution in [1.82, 2.24) is 0 Å². The van der Waals surface area contributed by atoms with Gasteiger partial charge in [-0.1, -0.05) is 72.0 Å². The van der Waals surface area contributed by atoms with E-state index in [0.717, 1.165) is 16.9 Å². The average Bonchev–Trinajstić information content (AvgIpc) is 3.21. The molecule has 0 aliphatic carbocycles. The number of thiocarbonyl (C=S) groups is 1. The molecule has 0 saturated carbocycles. The number of amides is 2. The molecular formula is C31H23FN2O3S2. The molecule has 2 amide bonds. The van der Waals surface area contributed by atoms with E-state index in [1.165, 1.54) is 46.5 Å². The maximum absolute atomic E-state index is 13.3. The van der Waals surface area contributed by atoms with E-state index >= 15 is 0 Å². The van der Waals surface area contributed by atoms with E-state index in [1.54, 1.807) is 30.3 Å². The molecule has 0 atom stereocenters. The zero-order valence-electron chi connectivity index (χ0n) is 20.9. The largest absolute Gasteiger partial charge is 0.489 e. The van der Waals surface area contributed by atoms with E-state index in [1.807, 2.05) is 49.4 Å². The maximum atomic E-state index is 13.3. The summed E-state index contributed by atoms with van der Waals surface area (Å²) in [5, 5.41) is 2.72. The molecule has 0 bridgehead atoms. The number of halogens is 1. The highest BCUT2D eigenvalue weighted by Gasteiger charge is 2.33. The molecular weight excluding hydrogens is 531 g/mol. The first-order chi connectivity index (χ1) is 18.9. The molecule has 0 aromatic heterocycles. The molecule has 1 aliphatic rings. The molecule has 1 saturated heterocycles. The predicted molar refractivity (Wildman–Crippen MR) is 158 cm³/mol. The Morgan fingerprint density at radius 3 is 2.49 bits per heavy atom. The Bertz CT molecular complexity index is 1580. The van der Waals surface area contributed by atoms with Gasteiger partial charge in [0.25, 0.3) is 11.8 Å². The molecule has 0 radical (unpaired) electrons. The van der Waals surface area contributed by atoms with Gasteiger partial charge in [0, 0.05) is 11.3 Å². The van der Waals surface area contributed by atoms with Crippen molar-refractivity contribution in [3.8, 4) is 5.75 Å². The lowest BCUT2D eigenvalue weighted by Gasteiger charge is -2.15. The monoisotopic (exact) mass is 554 g/mol. The first kappa shape index (κ1) is 26.3. The maximum Gasteiger partial charge on any atom is 0.270 e. The minimum absolute atomic E-state index is 0.263. The molecule has 0 unspecified atom stereocenters. The molecule has 39 heavy (non-hydrogen) atoms. The molecule has 4 aromatic rings. The smallest absolute Gasteiger partial charge is 0.270 e. The molecule has 1 aliphatic heterocycles. The van der Waals surface area contributed by atoms with Crippen LogP contribution in [0.2, 0.25) is 0 Å². The Morgan fingerprint density at radius 2 is 1.74 bits per heavy atom. The Morgan fingerprint density at radius 1 is 1.00 bits per heavy atom. The van der Waals surface area contributed by atoms with Gasteiger partial charge < -0.3 is 10.1 Å². The summed E-state index contributed by atoms with van der Waals surface area (Å²) in [4.78, 5) is 27.9. The van der Waals surface area contributed by atoms with E-state index in [2.05, 4.69) is 11.4 Å². The molecule has 0 spiro atoms. The van der Waals surface area contributed by atoms with Gasteiger partial charge in [-0.25, -0.2) is 4.39 Å². The van der Waals surface area contributed by atoms with Gasteiger partial charge in [-0.05, 0) is 78.7 Å². The van der Waals surface area contributed by atoms with Gasteiger partial charge in [0.05, 0.1) is 10.6 Å². The normalized spacial score (nSPS) is 14.1. The number of carbonyl (C=O) groups is 2. The van der Waals surface area contributed by atoms with Crippen LogP contribution in [-0.4, -0.2) is 16.1 Å². The third kappa shape index (κ3) is 6.42. The Hall–Kier alpha value is -4.27. The second-order valence-electron chi connectivity index (χ2n) is 8.88. The second-order valence-corrected chi connectivity index (χ2v) is 10.6. The first-order valence-electron chi connectivity index (χ1n) is 12.1. The van der Waals surface area contributed by atoms with Crippen molar-refractivity contribution in [3.63, 3.8) is 0 Å². The average molecular weight is 555 g/mol. The van der Waals surface area contributed by atoms with Crippen molar-refractivity contribution in [1.29, 1.82) is 0 Å². The quantitative estimate of drug-likeness (QED) is 0.191. The van der Waals surface area contributed by atoms with E-state index in [0.29, 0.717) is 32.8 Å². The zero-order chi connectivity index (χ0) is 27.4. The van der Waals surface area contributed by atoms with Crippen LogP contribution < -0.4 is 15.0 Å². The number of aryl methyl sites for hydroxylation is 1. The van der Waals surface area contributed by atoms with E-state index in [4.69, 9.17) is 17.0 Å². The molecule has 1 heterocycles.